The number of aliphatic carboxylic acids is 1. The van der Waals surface area contributed by atoms with Gasteiger partial charge in [-0.2, -0.15) is 0 Å². The maximum atomic E-state index is 10.3. The maximum Gasteiger partial charge on any atom is 0.303 e. The molecule has 0 atom stereocenters. The van der Waals surface area contributed by atoms with Crippen LogP contribution in [0.4, 0.5) is 0 Å². The molecule has 0 aliphatic heterocycles. The average Bonchev–Trinajstić information content (AvgIpc) is 2.34. The standard InChI is InChI=1S/C16H32O2.Pd/c1-2-3-4-5-6-7-8-9-10-11-12-13-14-15-16(17)18;/h2-15H2,1H3,(H,17,18);. The van der Waals surface area contributed by atoms with Gasteiger partial charge in [0.25, 0.3) is 0 Å². The predicted molar refractivity (Wildman–Crippen MR) is 77.9 cm³/mol. The summed E-state index contributed by atoms with van der Waals surface area (Å²) in [6.45, 7) is 2.26. The summed E-state index contributed by atoms with van der Waals surface area (Å²) in [5.74, 6) is -0.655. The van der Waals surface area contributed by atoms with Gasteiger partial charge < -0.3 is 5.11 Å². The zero-order chi connectivity index (χ0) is 13.5. The Morgan fingerprint density at radius 1 is 0.684 bits per heavy atom. The van der Waals surface area contributed by atoms with Crippen molar-refractivity contribution >= 4 is 5.97 Å². The Bertz CT molecular complexity index is 184. The van der Waals surface area contributed by atoms with Crippen LogP contribution in [-0.2, 0) is 25.2 Å². The second-order valence-electron chi connectivity index (χ2n) is 5.39. The van der Waals surface area contributed by atoms with Gasteiger partial charge in [-0.3, -0.25) is 4.79 Å². The molecule has 118 valence electrons. The van der Waals surface area contributed by atoms with Crippen LogP contribution in [0.1, 0.15) is 96.8 Å². The molecule has 0 bridgehead atoms. The molecule has 1 N–H and O–H groups in total. The van der Waals surface area contributed by atoms with E-state index < -0.39 is 5.97 Å². The summed E-state index contributed by atoms with van der Waals surface area (Å²) in [4.78, 5) is 10.3. The average molecular weight is 363 g/mol. The molecule has 0 saturated carbocycles. The fourth-order valence-corrected chi connectivity index (χ4v) is 2.29. The quantitative estimate of drug-likeness (QED) is 0.325. The molecule has 3 heteroatoms. The number of rotatable bonds is 14. The summed E-state index contributed by atoms with van der Waals surface area (Å²) >= 11 is 0. The fraction of sp³-hybridized carbons (Fsp3) is 0.938. The smallest absolute Gasteiger partial charge is 0.303 e. The van der Waals surface area contributed by atoms with E-state index in [9.17, 15) is 4.79 Å². The predicted octanol–water partition coefficient (Wildman–Crippen LogP) is 5.55. The van der Waals surface area contributed by atoms with Gasteiger partial charge in [-0.05, 0) is 6.42 Å². The second-order valence-corrected chi connectivity index (χ2v) is 5.39. The molecule has 0 amide bonds. The Hall–Kier alpha value is 0.132. The fourth-order valence-electron chi connectivity index (χ4n) is 2.29. The Kier molecular flexibility index (Phi) is 20.5. The third kappa shape index (κ3) is 20.6. The third-order valence-electron chi connectivity index (χ3n) is 3.49. The van der Waals surface area contributed by atoms with Crippen molar-refractivity contribution in [3.05, 3.63) is 0 Å². The third-order valence-corrected chi connectivity index (χ3v) is 3.49. The first-order valence-electron chi connectivity index (χ1n) is 7.99. The Balaban J connectivity index is 0. The summed E-state index contributed by atoms with van der Waals surface area (Å²) < 4.78 is 0. The van der Waals surface area contributed by atoms with E-state index in [0.29, 0.717) is 6.42 Å². The minimum absolute atomic E-state index is 0. The van der Waals surface area contributed by atoms with Crippen LogP contribution in [0.2, 0.25) is 0 Å². The molecule has 0 aliphatic carbocycles. The van der Waals surface area contributed by atoms with Crippen LogP contribution in [0.5, 0.6) is 0 Å². The number of hydrogen-bond acceptors (Lipinski definition) is 1. The summed E-state index contributed by atoms with van der Waals surface area (Å²) in [5, 5.41) is 8.49. The first-order chi connectivity index (χ1) is 8.77. The summed E-state index contributed by atoms with van der Waals surface area (Å²) in [6.07, 6.45) is 17.3. The van der Waals surface area contributed by atoms with Gasteiger partial charge in [-0.1, -0.05) is 84.0 Å². The van der Waals surface area contributed by atoms with Crippen LogP contribution in [-0.4, -0.2) is 11.1 Å². The van der Waals surface area contributed by atoms with E-state index in [0.717, 1.165) is 12.8 Å². The van der Waals surface area contributed by atoms with Gasteiger partial charge in [0.15, 0.2) is 0 Å². The summed E-state index contributed by atoms with van der Waals surface area (Å²) in [6, 6.07) is 0. The van der Waals surface area contributed by atoms with Crippen LogP contribution < -0.4 is 0 Å². The summed E-state index contributed by atoms with van der Waals surface area (Å²) in [5.41, 5.74) is 0. The molecule has 0 aliphatic rings. The number of carbonyl (C=O) groups is 1. The van der Waals surface area contributed by atoms with Gasteiger partial charge in [-0.15, -0.1) is 0 Å². The molecular formula is C16H32O2Pd. The molecule has 0 saturated heterocycles. The van der Waals surface area contributed by atoms with Crippen molar-refractivity contribution in [3.8, 4) is 0 Å². The van der Waals surface area contributed by atoms with Crippen molar-refractivity contribution in [2.75, 3.05) is 0 Å². The summed E-state index contributed by atoms with van der Waals surface area (Å²) in [7, 11) is 0. The van der Waals surface area contributed by atoms with E-state index in [4.69, 9.17) is 5.11 Å². The molecule has 2 nitrogen and oxygen atoms in total. The van der Waals surface area contributed by atoms with Gasteiger partial charge in [0, 0.05) is 26.8 Å². The molecule has 0 spiro atoms. The Morgan fingerprint density at radius 3 is 1.32 bits per heavy atom. The normalized spacial score (nSPS) is 10.2. The zero-order valence-corrected chi connectivity index (χ0v) is 14.1. The molecule has 0 rings (SSSR count). The zero-order valence-electron chi connectivity index (χ0n) is 12.6. The Labute approximate surface area is 133 Å². The van der Waals surface area contributed by atoms with Crippen molar-refractivity contribution in [1.29, 1.82) is 0 Å². The molecule has 0 fully saturated rings. The van der Waals surface area contributed by atoms with E-state index in [-0.39, 0.29) is 20.4 Å². The van der Waals surface area contributed by atoms with Crippen molar-refractivity contribution in [2.45, 2.75) is 96.8 Å². The second kappa shape index (κ2) is 18.1. The van der Waals surface area contributed by atoms with Gasteiger partial charge in [0.2, 0.25) is 0 Å². The van der Waals surface area contributed by atoms with E-state index in [2.05, 4.69) is 6.92 Å². The van der Waals surface area contributed by atoms with E-state index >= 15 is 0 Å². The van der Waals surface area contributed by atoms with E-state index in [1.165, 1.54) is 70.6 Å². The van der Waals surface area contributed by atoms with Crippen molar-refractivity contribution in [3.63, 3.8) is 0 Å². The molecule has 0 heterocycles. The van der Waals surface area contributed by atoms with Crippen LogP contribution in [0.25, 0.3) is 0 Å². The first kappa shape index (κ1) is 21.4. The minimum Gasteiger partial charge on any atom is -0.481 e. The Morgan fingerprint density at radius 2 is 1.00 bits per heavy atom. The number of carboxylic acid groups (broad SMARTS) is 1. The molecule has 0 aromatic carbocycles. The van der Waals surface area contributed by atoms with Crippen molar-refractivity contribution in [2.24, 2.45) is 0 Å². The van der Waals surface area contributed by atoms with Gasteiger partial charge >= 0.3 is 5.97 Å². The maximum absolute atomic E-state index is 10.3. The number of hydrogen-bond donors (Lipinski definition) is 1. The first-order valence-corrected chi connectivity index (χ1v) is 7.99. The molecule has 0 radical (unpaired) electrons. The van der Waals surface area contributed by atoms with Gasteiger partial charge in [-0.25, -0.2) is 0 Å². The number of carboxylic acids is 1. The van der Waals surface area contributed by atoms with Crippen molar-refractivity contribution < 1.29 is 30.3 Å². The molecular weight excluding hydrogens is 331 g/mol. The SMILES string of the molecule is CCCCCCCCCCCCCCCC(=O)O.[Pd]. The molecule has 0 unspecified atom stereocenters. The van der Waals surface area contributed by atoms with Gasteiger partial charge in [0.05, 0.1) is 0 Å². The minimum atomic E-state index is -0.655. The molecule has 0 aromatic heterocycles. The largest absolute Gasteiger partial charge is 0.481 e. The van der Waals surface area contributed by atoms with E-state index in [1.807, 2.05) is 0 Å². The van der Waals surface area contributed by atoms with E-state index in [1.54, 1.807) is 0 Å². The van der Waals surface area contributed by atoms with Crippen LogP contribution in [0.15, 0.2) is 0 Å². The van der Waals surface area contributed by atoms with Crippen LogP contribution in [0.3, 0.4) is 0 Å². The number of unbranched alkanes of at least 4 members (excludes halogenated alkanes) is 12. The van der Waals surface area contributed by atoms with Crippen LogP contribution in [0, 0.1) is 0 Å². The van der Waals surface area contributed by atoms with Gasteiger partial charge in [0.1, 0.15) is 0 Å². The topological polar surface area (TPSA) is 37.3 Å². The van der Waals surface area contributed by atoms with Crippen molar-refractivity contribution in [1.82, 2.24) is 0 Å². The molecule has 0 aromatic rings. The molecule has 19 heavy (non-hydrogen) atoms. The van der Waals surface area contributed by atoms with Crippen LogP contribution >= 0.6 is 0 Å². The monoisotopic (exact) mass is 362 g/mol.